The lowest BCUT2D eigenvalue weighted by Crippen LogP contribution is -2.36. The molecule has 0 bridgehead atoms. The lowest BCUT2D eigenvalue weighted by atomic mass is 10.1. The standard InChI is InChI=1S/C19H21BrFNO3S/c1-26-9-8-17(19(23)24)22-11-14-10-15(20)4-7-18(14)25-12-13-2-5-16(21)6-3-13/h2-7,10,17,22H,8-9,11-12H2,1H3,(H,23,24). The Morgan fingerprint density at radius 3 is 2.69 bits per heavy atom. The molecule has 0 aliphatic heterocycles. The van der Waals surface area contributed by atoms with Gasteiger partial charge in [0.1, 0.15) is 24.2 Å². The fourth-order valence-electron chi connectivity index (χ4n) is 2.35. The van der Waals surface area contributed by atoms with E-state index in [1.54, 1.807) is 23.9 Å². The summed E-state index contributed by atoms with van der Waals surface area (Å²) in [6.07, 6.45) is 2.50. The summed E-state index contributed by atoms with van der Waals surface area (Å²) in [6.45, 7) is 0.688. The lowest BCUT2D eigenvalue weighted by molar-refractivity contribution is -0.139. The maximum atomic E-state index is 13.0. The Morgan fingerprint density at radius 2 is 2.04 bits per heavy atom. The third-order valence-corrected chi connectivity index (χ3v) is 4.91. The number of carboxylic acid groups (broad SMARTS) is 1. The number of carbonyl (C=O) groups is 1. The quantitative estimate of drug-likeness (QED) is 0.569. The van der Waals surface area contributed by atoms with E-state index in [0.29, 0.717) is 25.3 Å². The summed E-state index contributed by atoms with van der Waals surface area (Å²) < 4.78 is 19.7. The fraction of sp³-hybridized carbons (Fsp3) is 0.316. The number of aliphatic carboxylic acids is 1. The molecule has 0 aliphatic rings. The predicted molar refractivity (Wildman–Crippen MR) is 106 cm³/mol. The van der Waals surface area contributed by atoms with Crippen molar-refractivity contribution in [3.63, 3.8) is 0 Å². The Bertz CT molecular complexity index is 727. The van der Waals surface area contributed by atoms with Crippen molar-refractivity contribution >= 4 is 33.7 Å². The van der Waals surface area contributed by atoms with Crippen LogP contribution in [0.3, 0.4) is 0 Å². The van der Waals surface area contributed by atoms with E-state index in [9.17, 15) is 14.3 Å². The number of nitrogens with one attached hydrogen (secondary N) is 1. The van der Waals surface area contributed by atoms with E-state index < -0.39 is 12.0 Å². The molecule has 7 heteroatoms. The second-order valence-electron chi connectivity index (χ2n) is 5.72. The second kappa shape index (κ2) is 10.5. The molecule has 0 saturated carbocycles. The molecule has 0 saturated heterocycles. The van der Waals surface area contributed by atoms with Gasteiger partial charge in [-0.15, -0.1) is 0 Å². The van der Waals surface area contributed by atoms with Crippen LogP contribution in [0.25, 0.3) is 0 Å². The highest BCUT2D eigenvalue weighted by Crippen LogP contribution is 2.24. The number of rotatable bonds is 10. The van der Waals surface area contributed by atoms with Gasteiger partial charge in [0, 0.05) is 16.6 Å². The normalized spacial score (nSPS) is 12.0. The van der Waals surface area contributed by atoms with Crippen molar-refractivity contribution in [3.8, 4) is 5.75 Å². The molecule has 26 heavy (non-hydrogen) atoms. The van der Waals surface area contributed by atoms with Crippen LogP contribution >= 0.6 is 27.7 Å². The third-order valence-electron chi connectivity index (χ3n) is 3.78. The molecule has 0 aliphatic carbocycles. The van der Waals surface area contributed by atoms with Crippen molar-refractivity contribution in [1.29, 1.82) is 0 Å². The van der Waals surface area contributed by atoms with E-state index >= 15 is 0 Å². The first-order valence-electron chi connectivity index (χ1n) is 8.10. The molecule has 0 spiro atoms. The van der Waals surface area contributed by atoms with Crippen LogP contribution in [0.15, 0.2) is 46.9 Å². The smallest absolute Gasteiger partial charge is 0.320 e. The van der Waals surface area contributed by atoms with E-state index in [4.69, 9.17) is 4.74 Å². The Balaban J connectivity index is 2.03. The number of thioether (sulfide) groups is 1. The van der Waals surface area contributed by atoms with E-state index in [1.165, 1.54) is 12.1 Å². The summed E-state index contributed by atoms with van der Waals surface area (Å²) in [5, 5.41) is 12.4. The Hall–Kier alpha value is -1.57. The Labute approximate surface area is 165 Å². The summed E-state index contributed by atoms with van der Waals surface area (Å²) in [6, 6.07) is 11.1. The molecule has 2 aromatic carbocycles. The largest absolute Gasteiger partial charge is 0.489 e. The molecule has 1 unspecified atom stereocenters. The Kier molecular flexibility index (Phi) is 8.41. The first-order valence-corrected chi connectivity index (χ1v) is 10.3. The molecule has 0 fully saturated rings. The molecule has 2 rings (SSSR count). The van der Waals surface area contributed by atoms with Crippen LogP contribution in [0, 0.1) is 5.82 Å². The first-order chi connectivity index (χ1) is 12.5. The van der Waals surface area contributed by atoms with Crippen LogP contribution in [0.4, 0.5) is 4.39 Å². The van der Waals surface area contributed by atoms with Crippen molar-refractivity contribution in [3.05, 3.63) is 63.9 Å². The average molecular weight is 442 g/mol. The van der Waals surface area contributed by atoms with Gasteiger partial charge in [0.05, 0.1) is 0 Å². The van der Waals surface area contributed by atoms with E-state index in [1.807, 2.05) is 24.5 Å². The van der Waals surface area contributed by atoms with Gasteiger partial charge >= 0.3 is 5.97 Å². The molecule has 4 nitrogen and oxygen atoms in total. The first kappa shape index (κ1) is 20.7. The molecule has 2 N–H and O–H groups in total. The zero-order valence-electron chi connectivity index (χ0n) is 14.4. The van der Waals surface area contributed by atoms with Gasteiger partial charge in [-0.3, -0.25) is 4.79 Å². The van der Waals surface area contributed by atoms with Crippen LogP contribution in [-0.2, 0) is 17.9 Å². The number of carboxylic acids is 1. The molecule has 140 valence electrons. The molecule has 2 aromatic rings. The number of hydrogen-bond acceptors (Lipinski definition) is 4. The minimum atomic E-state index is -0.858. The zero-order chi connectivity index (χ0) is 18.9. The van der Waals surface area contributed by atoms with Gasteiger partial charge in [-0.1, -0.05) is 28.1 Å². The summed E-state index contributed by atoms with van der Waals surface area (Å²) in [7, 11) is 0. The summed E-state index contributed by atoms with van der Waals surface area (Å²) >= 11 is 5.05. The fourth-order valence-corrected chi connectivity index (χ4v) is 3.23. The van der Waals surface area contributed by atoms with Gasteiger partial charge in [0.25, 0.3) is 0 Å². The van der Waals surface area contributed by atoms with Gasteiger partial charge in [0.2, 0.25) is 0 Å². The molecule has 1 atom stereocenters. The highest BCUT2D eigenvalue weighted by Gasteiger charge is 2.17. The van der Waals surface area contributed by atoms with Gasteiger partial charge in [0.15, 0.2) is 0 Å². The average Bonchev–Trinajstić information content (AvgIpc) is 2.62. The maximum Gasteiger partial charge on any atom is 0.320 e. The van der Waals surface area contributed by atoms with Crippen molar-refractivity contribution in [2.75, 3.05) is 12.0 Å². The highest BCUT2D eigenvalue weighted by molar-refractivity contribution is 9.10. The molecule has 0 radical (unpaired) electrons. The van der Waals surface area contributed by atoms with Crippen LogP contribution in [-0.4, -0.2) is 29.1 Å². The van der Waals surface area contributed by atoms with E-state index in [-0.39, 0.29) is 5.82 Å². The van der Waals surface area contributed by atoms with Crippen LogP contribution in [0.1, 0.15) is 17.5 Å². The molecule has 0 aromatic heterocycles. The monoisotopic (exact) mass is 441 g/mol. The number of benzene rings is 2. The van der Waals surface area contributed by atoms with Crippen molar-refractivity contribution in [2.24, 2.45) is 0 Å². The SMILES string of the molecule is CSCCC(NCc1cc(Br)ccc1OCc1ccc(F)cc1)C(=O)O. The molecule has 0 heterocycles. The molecular weight excluding hydrogens is 421 g/mol. The van der Waals surface area contributed by atoms with E-state index in [0.717, 1.165) is 21.4 Å². The zero-order valence-corrected chi connectivity index (χ0v) is 16.8. The number of halogens is 2. The number of ether oxygens (including phenoxy) is 1. The van der Waals surface area contributed by atoms with Crippen LogP contribution in [0.5, 0.6) is 5.75 Å². The van der Waals surface area contributed by atoms with Crippen molar-refractivity contribution in [2.45, 2.75) is 25.6 Å². The Morgan fingerprint density at radius 1 is 1.31 bits per heavy atom. The van der Waals surface area contributed by atoms with Gasteiger partial charge in [-0.05, 0) is 54.3 Å². The predicted octanol–water partition coefficient (Wildman–Crippen LogP) is 4.46. The van der Waals surface area contributed by atoms with Crippen LogP contribution in [0.2, 0.25) is 0 Å². The molecular formula is C19H21BrFNO3S. The second-order valence-corrected chi connectivity index (χ2v) is 7.62. The van der Waals surface area contributed by atoms with E-state index in [2.05, 4.69) is 21.2 Å². The highest BCUT2D eigenvalue weighted by atomic mass is 79.9. The minimum Gasteiger partial charge on any atom is -0.489 e. The third kappa shape index (κ3) is 6.63. The lowest BCUT2D eigenvalue weighted by Gasteiger charge is -2.17. The number of hydrogen-bond donors (Lipinski definition) is 2. The minimum absolute atomic E-state index is 0.285. The summed E-state index contributed by atoms with van der Waals surface area (Å²) in [5.74, 6) is 0.296. The molecule has 0 amide bonds. The summed E-state index contributed by atoms with van der Waals surface area (Å²) in [4.78, 5) is 11.4. The topological polar surface area (TPSA) is 58.6 Å². The van der Waals surface area contributed by atoms with Gasteiger partial charge in [-0.2, -0.15) is 11.8 Å². The van der Waals surface area contributed by atoms with Gasteiger partial charge in [-0.25, -0.2) is 4.39 Å². The van der Waals surface area contributed by atoms with Crippen molar-refractivity contribution < 1.29 is 19.0 Å². The van der Waals surface area contributed by atoms with Crippen LogP contribution < -0.4 is 10.1 Å². The summed E-state index contributed by atoms with van der Waals surface area (Å²) in [5.41, 5.74) is 1.72. The van der Waals surface area contributed by atoms with Crippen molar-refractivity contribution in [1.82, 2.24) is 5.32 Å². The maximum absolute atomic E-state index is 13.0. The van der Waals surface area contributed by atoms with Gasteiger partial charge < -0.3 is 15.2 Å².